The maximum absolute atomic E-state index is 4.43. The van der Waals surface area contributed by atoms with Crippen molar-refractivity contribution < 1.29 is 0 Å². The lowest BCUT2D eigenvalue weighted by Gasteiger charge is -2.23. The predicted molar refractivity (Wildman–Crippen MR) is 77.0 cm³/mol. The zero-order valence-electron chi connectivity index (χ0n) is 11.4. The summed E-state index contributed by atoms with van der Waals surface area (Å²) in [7, 11) is 0. The van der Waals surface area contributed by atoms with E-state index in [9.17, 15) is 0 Å². The van der Waals surface area contributed by atoms with Crippen LogP contribution in [0.15, 0.2) is 6.33 Å². The summed E-state index contributed by atoms with van der Waals surface area (Å²) in [5.74, 6) is 2.45. The van der Waals surface area contributed by atoms with Crippen molar-refractivity contribution in [1.29, 1.82) is 0 Å². The van der Waals surface area contributed by atoms with Crippen LogP contribution in [0.25, 0.3) is 0 Å². The van der Waals surface area contributed by atoms with Crippen LogP contribution >= 0.6 is 11.8 Å². The summed E-state index contributed by atoms with van der Waals surface area (Å²) in [5.41, 5.74) is 0. The average molecular weight is 268 g/mol. The molecular weight excluding hydrogens is 244 g/mol. The number of hydrogen-bond donors (Lipinski definition) is 1. The highest BCUT2D eigenvalue weighted by Gasteiger charge is 2.26. The number of aromatic nitrogens is 3. The number of nitrogens with one attached hydrogen (secondary N) is 1. The Morgan fingerprint density at radius 1 is 1.56 bits per heavy atom. The van der Waals surface area contributed by atoms with Crippen molar-refractivity contribution in [3.63, 3.8) is 0 Å². The van der Waals surface area contributed by atoms with E-state index in [0.29, 0.717) is 6.04 Å². The van der Waals surface area contributed by atoms with Crippen molar-refractivity contribution in [2.45, 2.75) is 57.4 Å². The van der Waals surface area contributed by atoms with Gasteiger partial charge in [0.15, 0.2) is 0 Å². The molecule has 5 heteroatoms. The minimum atomic E-state index is 0.544. The monoisotopic (exact) mass is 268 g/mol. The molecule has 1 saturated heterocycles. The molecule has 2 atom stereocenters. The largest absolute Gasteiger partial charge is 0.313 e. The Hall–Kier alpha value is -0.550. The van der Waals surface area contributed by atoms with Gasteiger partial charge < -0.3 is 5.32 Å². The summed E-state index contributed by atoms with van der Waals surface area (Å²) >= 11 is 2.11. The molecule has 1 N–H and O–H groups in total. The fourth-order valence-electron chi connectivity index (χ4n) is 2.56. The van der Waals surface area contributed by atoms with Crippen molar-refractivity contribution >= 4 is 11.8 Å². The first-order valence-corrected chi connectivity index (χ1v) is 8.11. The second-order valence-electron chi connectivity index (χ2n) is 4.82. The smallest absolute Gasteiger partial charge is 0.138 e. The molecule has 0 amide bonds. The second kappa shape index (κ2) is 7.14. The first kappa shape index (κ1) is 13.9. The Morgan fingerprint density at radius 3 is 3.11 bits per heavy atom. The van der Waals surface area contributed by atoms with E-state index in [2.05, 4.69) is 45.7 Å². The molecule has 0 aliphatic carbocycles. The van der Waals surface area contributed by atoms with Gasteiger partial charge in [0.25, 0.3) is 0 Å². The van der Waals surface area contributed by atoms with Crippen LogP contribution in [0.4, 0.5) is 0 Å². The summed E-state index contributed by atoms with van der Waals surface area (Å²) in [4.78, 5) is 4.43. The molecule has 1 aliphatic heterocycles. The molecule has 18 heavy (non-hydrogen) atoms. The van der Waals surface area contributed by atoms with E-state index >= 15 is 0 Å². The molecule has 2 rings (SSSR count). The Balaban J connectivity index is 2.00. The SMILES string of the molecule is CCCn1ncnc1CC(NCC)C1CCCS1. The van der Waals surface area contributed by atoms with Crippen LogP contribution in [0.2, 0.25) is 0 Å². The third-order valence-corrected chi connectivity index (χ3v) is 4.93. The lowest BCUT2D eigenvalue weighted by molar-refractivity contribution is 0.465. The molecule has 1 aromatic rings. The summed E-state index contributed by atoms with van der Waals surface area (Å²) in [6.45, 7) is 6.37. The first-order valence-electron chi connectivity index (χ1n) is 7.06. The Morgan fingerprint density at radius 2 is 2.44 bits per heavy atom. The third kappa shape index (κ3) is 3.48. The van der Waals surface area contributed by atoms with Crippen LogP contribution in [-0.4, -0.2) is 38.4 Å². The number of likely N-dealkylation sites (N-methyl/N-ethyl adjacent to an activating group) is 1. The summed E-state index contributed by atoms with van der Waals surface area (Å²) in [6, 6.07) is 0.544. The van der Waals surface area contributed by atoms with Gasteiger partial charge in [-0.05, 0) is 31.6 Å². The zero-order chi connectivity index (χ0) is 12.8. The molecule has 1 aliphatic rings. The van der Waals surface area contributed by atoms with E-state index < -0.39 is 0 Å². The van der Waals surface area contributed by atoms with Crippen LogP contribution in [0.3, 0.4) is 0 Å². The highest BCUT2D eigenvalue weighted by Crippen LogP contribution is 2.29. The van der Waals surface area contributed by atoms with E-state index in [0.717, 1.165) is 37.0 Å². The normalized spacial score (nSPS) is 21.3. The maximum atomic E-state index is 4.43. The highest BCUT2D eigenvalue weighted by molar-refractivity contribution is 8.00. The minimum Gasteiger partial charge on any atom is -0.313 e. The molecule has 0 spiro atoms. The Labute approximate surface area is 114 Å². The van der Waals surface area contributed by atoms with Crippen molar-refractivity contribution in [2.75, 3.05) is 12.3 Å². The van der Waals surface area contributed by atoms with E-state index in [-0.39, 0.29) is 0 Å². The molecular formula is C13H24N4S. The minimum absolute atomic E-state index is 0.544. The van der Waals surface area contributed by atoms with E-state index in [4.69, 9.17) is 0 Å². The van der Waals surface area contributed by atoms with Gasteiger partial charge in [-0.3, -0.25) is 4.68 Å². The van der Waals surface area contributed by atoms with Gasteiger partial charge in [0.05, 0.1) is 0 Å². The maximum Gasteiger partial charge on any atom is 0.138 e. The molecule has 0 aromatic carbocycles. The zero-order valence-corrected chi connectivity index (χ0v) is 12.2. The van der Waals surface area contributed by atoms with Crippen LogP contribution in [-0.2, 0) is 13.0 Å². The lowest BCUT2D eigenvalue weighted by Crippen LogP contribution is -2.39. The van der Waals surface area contributed by atoms with Crippen molar-refractivity contribution in [3.05, 3.63) is 12.2 Å². The molecule has 2 unspecified atom stereocenters. The van der Waals surface area contributed by atoms with Gasteiger partial charge in [-0.25, -0.2) is 4.98 Å². The number of rotatable bonds is 7. The fourth-order valence-corrected chi connectivity index (χ4v) is 3.95. The van der Waals surface area contributed by atoms with Crippen LogP contribution in [0.1, 0.15) is 38.9 Å². The van der Waals surface area contributed by atoms with Crippen molar-refractivity contribution in [1.82, 2.24) is 20.1 Å². The van der Waals surface area contributed by atoms with Gasteiger partial charge in [0, 0.05) is 24.3 Å². The molecule has 2 heterocycles. The van der Waals surface area contributed by atoms with Gasteiger partial charge in [-0.1, -0.05) is 13.8 Å². The predicted octanol–water partition coefficient (Wildman–Crippen LogP) is 2.10. The van der Waals surface area contributed by atoms with E-state index in [1.165, 1.54) is 18.6 Å². The van der Waals surface area contributed by atoms with Crippen LogP contribution in [0, 0.1) is 0 Å². The molecule has 0 saturated carbocycles. The molecule has 1 aromatic heterocycles. The molecule has 1 fully saturated rings. The summed E-state index contributed by atoms with van der Waals surface area (Å²) in [5, 5.41) is 8.69. The molecule has 0 bridgehead atoms. The van der Waals surface area contributed by atoms with Crippen LogP contribution in [0.5, 0.6) is 0 Å². The van der Waals surface area contributed by atoms with E-state index in [1.54, 1.807) is 6.33 Å². The fraction of sp³-hybridized carbons (Fsp3) is 0.846. The molecule has 0 radical (unpaired) electrons. The molecule has 4 nitrogen and oxygen atoms in total. The van der Waals surface area contributed by atoms with E-state index in [1.807, 2.05) is 0 Å². The third-order valence-electron chi connectivity index (χ3n) is 3.41. The van der Waals surface area contributed by atoms with Crippen LogP contribution < -0.4 is 5.32 Å². The summed E-state index contributed by atoms with van der Waals surface area (Å²) < 4.78 is 2.06. The Bertz CT molecular complexity index is 347. The van der Waals surface area contributed by atoms with Gasteiger partial charge in [-0.2, -0.15) is 16.9 Å². The van der Waals surface area contributed by atoms with Gasteiger partial charge >= 0.3 is 0 Å². The number of hydrogen-bond acceptors (Lipinski definition) is 4. The number of nitrogens with zero attached hydrogens (tertiary/aromatic N) is 3. The quantitative estimate of drug-likeness (QED) is 0.822. The summed E-state index contributed by atoms with van der Waals surface area (Å²) in [6.07, 6.45) is 6.50. The first-order chi connectivity index (χ1) is 8.85. The second-order valence-corrected chi connectivity index (χ2v) is 6.17. The van der Waals surface area contributed by atoms with Crippen molar-refractivity contribution in [3.8, 4) is 0 Å². The van der Waals surface area contributed by atoms with Gasteiger partial charge in [0.1, 0.15) is 12.2 Å². The number of aryl methyl sites for hydroxylation is 1. The average Bonchev–Trinajstić information content (AvgIpc) is 3.01. The molecule has 102 valence electrons. The number of thioether (sulfide) groups is 1. The van der Waals surface area contributed by atoms with Gasteiger partial charge in [-0.15, -0.1) is 0 Å². The standard InChI is InChI=1S/C13H24N4S/c1-3-7-17-13(15-10-16-17)9-11(14-4-2)12-6-5-8-18-12/h10-12,14H,3-9H2,1-2H3. The topological polar surface area (TPSA) is 42.7 Å². The Kier molecular flexibility index (Phi) is 5.50. The van der Waals surface area contributed by atoms with Crippen molar-refractivity contribution in [2.24, 2.45) is 0 Å². The lowest BCUT2D eigenvalue weighted by atomic mass is 10.1. The highest BCUT2D eigenvalue weighted by atomic mass is 32.2. The van der Waals surface area contributed by atoms with Gasteiger partial charge in [0.2, 0.25) is 0 Å².